The van der Waals surface area contributed by atoms with E-state index in [-0.39, 0.29) is 11.9 Å². The second kappa shape index (κ2) is 5.14. The van der Waals surface area contributed by atoms with E-state index < -0.39 is 0 Å². The van der Waals surface area contributed by atoms with Crippen LogP contribution in [0.1, 0.15) is 24.4 Å². The SMILES string of the molecule is COc1ccc(Cn2cnc(C(C)N)n2)c(F)c1. The maximum absolute atomic E-state index is 13.7. The number of nitrogens with two attached hydrogens (primary N) is 1. The van der Waals surface area contributed by atoms with Gasteiger partial charge in [0, 0.05) is 11.6 Å². The Labute approximate surface area is 104 Å². The number of benzene rings is 1. The smallest absolute Gasteiger partial charge is 0.166 e. The first kappa shape index (κ1) is 12.5. The standard InChI is InChI=1S/C12H15FN4O/c1-8(14)12-15-7-17(16-12)6-9-3-4-10(18-2)5-11(9)13/h3-5,7-8H,6,14H2,1-2H3. The number of hydrogen-bond acceptors (Lipinski definition) is 4. The molecule has 2 N–H and O–H groups in total. The van der Waals surface area contributed by atoms with Gasteiger partial charge in [-0.15, -0.1) is 0 Å². The second-order valence-electron chi connectivity index (χ2n) is 4.05. The lowest BCUT2D eigenvalue weighted by Crippen LogP contribution is -2.09. The monoisotopic (exact) mass is 250 g/mol. The van der Waals surface area contributed by atoms with Gasteiger partial charge in [0.2, 0.25) is 0 Å². The Bertz CT molecular complexity index is 539. The van der Waals surface area contributed by atoms with E-state index in [0.717, 1.165) is 0 Å². The summed E-state index contributed by atoms with van der Waals surface area (Å²) in [4.78, 5) is 4.05. The molecule has 0 spiro atoms. The van der Waals surface area contributed by atoms with Crippen molar-refractivity contribution in [3.63, 3.8) is 0 Å². The van der Waals surface area contributed by atoms with Crippen LogP contribution in [0, 0.1) is 5.82 Å². The Morgan fingerprint density at radius 3 is 2.83 bits per heavy atom. The third-order valence-electron chi connectivity index (χ3n) is 2.55. The van der Waals surface area contributed by atoms with Gasteiger partial charge in [-0.25, -0.2) is 14.1 Å². The van der Waals surface area contributed by atoms with Gasteiger partial charge < -0.3 is 10.5 Å². The fraction of sp³-hybridized carbons (Fsp3) is 0.333. The lowest BCUT2D eigenvalue weighted by molar-refractivity contribution is 0.410. The van der Waals surface area contributed by atoms with E-state index >= 15 is 0 Å². The van der Waals surface area contributed by atoms with Gasteiger partial charge >= 0.3 is 0 Å². The molecule has 0 fully saturated rings. The van der Waals surface area contributed by atoms with Crippen LogP contribution in [0.2, 0.25) is 0 Å². The molecule has 18 heavy (non-hydrogen) atoms. The molecule has 2 rings (SSSR count). The van der Waals surface area contributed by atoms with Crippen LogP contribution in [-0.2, 0) is 6.54 Å². The van der Waals surface area contributed by atoms with Gasteiger partial charge in [0.15, 0.2) is 5.82 Å². The molecule has 0 radical (unpaired) electrons. The van der Waals surface area contributed by atoms with Crippen molar-refractivity contribution in [1.29, 1.82) is 0 Å². The average molecular weight is 250 g/mol. The van der Waals surface area contributed by atoms with Crippen LogP contribution in [0.25, 0.3) is 0 Å². The molecule has 1 aromatic carbocycles. The molecule has 0 saturated carbocycles. The highest BCUT2D eigenvalue weighted by Gasteiger charge is 2.08. The molecule has 0 amide bonds. The quantitative estimate of drug-likeness (QED) is 0.892. The summed E-state index contributed by atoms with van der Waals surface area (Å²) in [5, 5.41) is 4.17. The zero-order valence-corrected chi connectivity index (χ0v) is 10.3. The van der Waals surface area contributed by atoms with E-state index in [0.29, 0.717) is 23.7 Å². The minimum Gasteiger partial charge on any atom is -0.497 e. The zero-order chi connectivity index (χ0) is 13.1. The van der Waals surface area contributed by atoms with E-state index in [1.165, 1.54) is 13.2 Å². The number of aromatic nitrogens is 3. The van der Waals surface area contributed by atoms with Gasteiger partial charge in [-0.1, -0.05) is 6.07 Å². The predicted molar refractivity (Wildman–Crippen MR) is 64.7 cm³/mol. The molecule has 0 aliphatic carbocycles. The highest BCUT2D eigenvalue weighted by molar-refractivity contribution is 5.28. The fourth-order valence-corrected chi connectivity index (χ4v) is 1.55. The normalized spacial score (nSPS) is 12.4. The molecular formula is C12H15FN4O. The van der Waals surface area contributed by atoms with Crippen molar-refractivity contribution in [1.82, 2.24) is 14.8 Å². The average Bonchev–Trinajstić information content (AvgIpc) is 2.80. The van der Waals surface area contributed by atoms with Gasteiger partial charge in [0.25, 0.3) is 0 Å². The van der Waals surface area contributed by atoms with Crippen molar-refractivity contribution < 1.29 is 9.13 Å². The number of nitrogens with zero attached hydrogens (tertiary/aromatic N) is 3. The van der Waals surface area contributed by atoms with Crippen molar-refractivity contribution in [2.75, 3.05) is 7.11 Å². The molecule has 0 bridgehead atoms. The van der Waals surface area contributed by atoms with Crippen LogP contribution >= 0.6 is 0 Å². The van der Waals surface area contributed by atoms with E-state index in [1.807, 2.05) is 0 Å². The number of ether oxygens (including phenoxy) is 1. The van der Waals surface area contributed by atoms with Gasteiger partial charge in [-0.05, 0) is 13.0 Å². The third kappa shape index (κ3) is 2.65. The molecule has 1 atom stereocenters. The number of hydrogen-bond donors (Lipinski definition) is 1. The highest BCUT2D eigenvalue weighted by Crippen LogP contribution is 2.17. The minimum absolute atomic E-state index is 0.230. The van der Waals surface area contributed by atoms with E-state index in [2.05, 4.69) is 10.1 Å². The molecule has 1 heterocycles. The molecular weight excluding hydrogens is 235 g/mol. The molecule has 5 nitrogen and oxygen atoms in total. The topological polar surface area (TPSA) is 66.0 Å². The molecule has 0 aliphatic rings. The fourth-order valence-electron chi connectivity index (χ4n) is 1.55. The Kier molecular flexibility index (Phi) is 3.57. The summed E-state index contributed by atoms with van der Waals surface area (Å²) in [5.41, 5.74) is 6.18. The Balaban J connectivity index is 2.17. The lowest BCUT2D eigenvalue weighted by atomic mass is 10.2. The molecule has 0 aliphatic heterocycles. The lowest BCUT2D eigenvalue weighted by Gasteiger charge is -2.05. The number of rotatable bonds is 4. The molecule has 6 heteroatoms. The summed E-state index contributed by atoms with van der Waals surface area (Å²) in [6.45, 7) is 2.11. The molecule has 96 valence electrons. The van der Waals surface area contributed by atoms with Gasteiger partial charge in [0.05, 0.1) is 19.7 Å². The van der Waals surface area contributed by atoms with Gasteiger partial charge in [0.1, 0.15) is 17.9 Å². The Hall–Kier alpha value is -1.95. The molecule has 1 unspecified atom stereocenters. The summed E-state index contributed by atoms with van der Waals surface area (Å²) < 4.78 is 20.2. The van der Waals surface area contributed by atoms with Gasteiger partial charge in [-0.2, -0.15) is 5.10 Å². The highest BCUT2D eigenvalue weighted by atomic mass is 19.1. The Morgan fingerprint density at radius 2 is 2.28 bits per heavy atom. The summed E-state index contributed by atoms with van der Waals surface area (Å²) in [6, 6.07) is 4.49. The van der Waals surface area contributed by atoms with Crippen molar-refractivity contribution in [2.45, 2.75) is 19.5 Å². The summed E-state index contributed by atoms with van der Waals surface area (Å²) in [6.07, 6.45) is 1.54. The van der Waals surface area contributed by atoms with E-state index in [4.69, 9.17) is 10.5 Å². The predicted octanol–water partition coefficient (Wildman–Crippen LogP) is 1.49. The maximum atomic E-state index is 13.7. The van der Waals surface area contributed by atoms with Crippen LogP contribution in [0.5, 0.6) is 5.75 Å². The first-order chi connectivity index (χ1) is 8.60. The molecule has 2 aromatic rings. The van der Waals surface area contributed by atoms with E-state index in [1.54, 1.807) is 30.1 Å². The summed E-state index contributed by atoms with van der Waals surface area (Å²) >= 11 is 0. The van der Waals surface area contributed by atoms with Crippen LogP contribution in [-0.4, -0.2) is 21.9 Å². The summed E-state index contributed by atoms with van der Waals surface area (Å²) in [5.74, 6) is 0.710. The summed E-state index contributed by atoms with van der Waals surface area (Å²) in [7, 11) is 1.50. The van der Waals surface area contributed by atoms with Crippen LogP contribution in [0.15, 0.2) is 24.5 Å². The van der Waals surface area contributed by atoms with Crippen LogP contribution in [0.4, 0.5) is 4.39 Å². The van der Waals surface area contributed by atoms with E-state index in [9.17, 15) is 4.39 Å². The zero-order valence-electron chi connectivity index (χ0n) is 10.3. The van der Waals surface area contributed by atoms with Crippen molar-refractivity contribution in [3.8, 4) is 5.75 Å². The Morgan fingerprint density at radius 1 is 1.50 bits per heavy atom. The first-order valence-corrected chi connectivity index (χ1v) is 5.57. The van der Waals surface area contributed by atoms with Crippen molar-refractivity contribution >= 4 is 0 Å². The van der Waals surface area contributed by atoms with Gasteiger partial charge in [-0.3, -0.25) is 0 Å². The minimum atomic E-state index is -0.327. The first-order valence-electron chi connectivity index (χ1n) is 5.57. The maximum Gasteiger partial charge on any atom is 0.166 e. The van der Waals surface area contributed by atoms with Crippen molar-refractivity contribution in [2.24, 2.45) is 5.73 Å². The van der Waals surface area contributed by atoms with Crippen LogP contribution in [0.3, 0.4) is 0 Å². The van der Waals surface area contributed by atoms with Crippen molar-refractivity contribution in [3.05, 3.63) is 41.7 Å². The third-order valence-corrected chi connectivity index (χ3v) is 2.55. The molecule has 1 aromatic heterocycles. The second-order valence-corrected chi connectivity index (χ2v) is 4.05. The molecule has 0 saturated heterocycles. The van der Waals surface area contributed by atoms with Crippen LogP contribution < -0.4 is 10.5 Å². The number of halogens is 1. The largest absolute Gasteiger partial charge is 0.497 e. The number of methoxy groups -OCH3 is 1.